The maximum Gasteiger partial charge on any atom is 0.251 e. The van der Waals surface area contributed by atoms with Gasteiger partial charge in [0.15, 0.2) is 11.5 Å². The third-order valence-corrected chi connectivity index (χ3v) is 3.39. The molecule has 0 unspecified atom stereocenters. The molecule has 0 saturated heterocycles. The molecule has 24 heavy (non-hydrogen) atoms. The molecule has 0 fully saturated rings. The van der Waals surface area contributed by atoms with Gasteiger partial charge in [0.25, 0.3) is 5.91 Å². The number of nitrogens with one attached hydrogen (secondary N) is 2. The van der Waals surface area contributed by atoms with Crippen LogP contribution in [-0.4, -0.2) is 32.6 Å². The molecule has 0 heterocycles. The summed E-state index contributed by atoms with van der Waals surface area (Å²) in [5, 5.41) is 5.29. The molecule has 6 nitrogen and oxygen atoms in total. The molecule has 126 valence electrons. The SMILES string of the molecule is COc1ccc(C(=O)NCC(=O)Nc2ccc(C)cc2)cc1OC. The van der Waals surface area contributed by atoms with Gasteiger partial charge in [0.1, 0.15) is 0 Å². The van der Waals surface area contributed by atoms with Crippen LogP contribution in [-0.2, 0) is 4.79 Å². The highest BCUT2D eigenvalue weighted by atomic mass is 16.5. The van der Waals surface area contributed by atoms with Gasteiger partial charge in [-0.15, -0.1) is 0 Å². The summed E-state index contributed by atoms with van der Waals surface area (Å²) in [6.45, 7) is 1.84. The molecule has 0 radical (unpaired) electrons. The van der Waals surface area contributed by atoms with Crippen molar-refractivity contribution in [2.24, 2.45) is 0 Å². The molecule has 0 bridgehead atoms. The van der Waals surface area contributed by atoms with Gasteiger partial charge in [-0.3, -0.25) is 9.59 Å². The molecule has 0 saturated carbocycles. The quantitative estimate of drug-likeness (QED) is 0.853. The zero-order chi connectivity index (χ0) is 17.5. The zero-order valence-electron chi connectivity index (χ0n) is 13.9. The number of carbonyl (C=O) groups excluding carboxylic acids is 2. The van der Waals surface area contributed by atoms with Crippen molar-refractivity contribution in [3.63, 3.8) is 0 Å². The first-order valence-electron chi connectivity index (χ1n) is 7.40. The second kappa shape index (κ2) is 8.01. The lowest BCUT2D eigenvalue weighted by Crippen LogP contribution is -2.32. The molecule has 2 aromatic rings. The van der Waals surface area contributed by atoms with Crippen molar-refractivity contribution in [3.8, 4) is 11.5 Å². The van der Waals surface area contributed by atoms with Gasteiger partial charge in [-0.25, -0.2) is 0 Å². The van der Waals surface area contributed by atoms with Gasteiger partial charge >= 0.3 is 0 Å². The summed E-state index contributed by atoms with van der Waals surface area (Å²) in [4.78, 5) is 24.0. The average molecular weight is 328 g/mol. The number of carbonyl (C=O) groups is 2. The maximum atomic E-state index is 12.1. The standard InChI is InChI=1S/C18H20N2O4/c1-12-4-7-14(8-5-12)20-17(21)11-19-18(22)13-6-9-15(23-2)16(10-13)24-3/h4-10H,11H2,1-3H3,(H,19,22)(H,20,21). The highest BCUT2D eigenvalue weighted by molar-refractivity contribution is 5.99. The van der Waals surface area contributed by atoms with Gasteiger partial charge in [-0.05, 0) is 37.3 Å². The number of ether oxygens (including phenoxy) is 2. The van der Waals surface area contributed by atoms with Crippen molar-refractivity contribution in [3.05, 3.63) is 53.6 Å². The number of anilines is 1. The van der Waals surface area contributed by atoms with Gasteiger partial charge in [-0.1, -0.05) is 17.7 Å². The number of methoxy groups -OCH3 is 2. The predicted octanol–water partition coefficient (Wildman–Crippen LogP) is 2.38. The summed E-state index contributed by atoms with van der Waals surface area (Å²) >= 11 is 0. The first-order chi connectivity index (χ1) is 11.5. The van der Waals surface area contributed by atoms with E-state index < -0.39 is 0 Å². The number of aryl methyl sites for hydroxylation is 1. The van der Waals surface area contributed by atoms with Crippen LogP contribution in [0.25, 0.3) is 0 Å². The molecule has 0 aliphatic rings. The fourth-order valence-electron chi connectivity index (χ4n) is 2.08. The Morgan fingerprint density at radius 1 is 0.958 bits per heavy atom. The lowest BCUT2D eigenvalue weighted by Gasteiger charge is -2.10. The van der Waals surface area contributed by atoms with E-state index in [9.17, 15) is 9.59 Å². The lowest BCUT2D eigenvalue weighted by molar-refractivity contribution is -0.115. The smallest absolute Gasteiger partial charge is 0.251 e. The summed E-state index contributed by atoms with van der Waals surface area (Å²) in [5.74, 6) is 0.322. The summed E-state index contributed by atoms with van der Waals surface area (Å²) in [6, 6.07) is 12.2. The molecule has 0 aliphatic heterocycles. The minimum atomic E-state index is -0.366. The normalized spacial score (nSPS) is 9.96. The number of rotatable bonds is 6. The van der Waals surface area contributed by atoms with E-state index >= 15 is 0 Å². The van der Waals surface area contributed by atoms with Crippen molar-refractivity contribution in [2.75, 3.05) is 26.1 Å². The van der Waals surface area contributed by atoms with E-state index in [4.69, 9.17) is 9.47 Å². The topological polar surface area (TPSA) is 76.7 Å². The largest absolute Gasteiger partial charge is 0.493 e. The summed E-state index contributed by atoms with van der Waals surface area (Å²) in [5.41, 5.74) is 2.18. The molecule has 0 aliphatic carbocycles. The molecular weight excluding hydrogens is 308 g/mol. The van der Waals surface area contributed by atoms with Crippen molar-refractivity contribution in [1.82, 2.24) is 5.32 Å². The molecule has 0 spiro atoms. The molecule has 6 heteroatoms. The lowest BCUT2D eigenvalue weighted by atomic mass is 10.2. The fraction of sp³-hybridized carbons (Fsp3) is 0.222. The molecule has 2 aromatic carbocycles. The van der Waals surface area contributed by atoms with Crippen molar-refractivity contribution < 1.29 is 19.1 Å². The summed E-state index contributed by atoms with van der Waals surface area (Å²) in [6.07, 6.45) is 0. The molecular formula is C18H20N2O4. The fourth-order valence-corrected chi connectivity index (χ4v) is 2.08. The van der Waals surface area contributed by atoms with Crippen LogP contribution in [0.5, 0.6) is 11.5 Å². The molecule has 2 rings (SSSR count). The van der Waals surface area contributed by atoms with E-state index in [0.29, 0.717) is 22.7 Å². The summed E-state index contributed by atoms with van der Waals surface area (Å²) in [7, 11) is 3.02. The first kappa shape index (κ1) is 17.3. The molecule has 0 atom stereocenters. The average Bonchev–Trinajstić information content (AvgIpc) is 2.61. The second-order valence-electron chi connectivity index (χ2n) is 5.17. The number of benzene rings is 2. The van der Waals surface area contributed by atoms with Crippen LogP contribution in [0.4, 0.5) is 5.69 Å². The third-order valence-electron chi connectivity index (χ3n) is 3.39. The van der Waals surface area contributed by atoms with E-state index in [1.165, 1.54) is 14.2 Å². The number of amides is 2. The van der Waals surface area contributed by atoms with Gasteiger partial charge in [-0.2, -0.15) is 0 Å². The Labute approximate surface area is 140 Å². The summed E-state index contributed by atoms with van der Waals surface area (Å²) < 4.78 is 10.3. The highest BCUT2D eigenvalue weighted by Gasteiger charge is 2.12. The van der Waals surface area contributed by atoms with Crippen LogP contribution >= 0.6 is 0 Å². The monoisotopic (exact) mass is 328 g/mol. The Morgan fingerprint density at radius 3 is 2.25 bits per heavy atom. The van der Waals surface area contributed by atoms with Crippen molar-refractivity contribution in [2.45, 2.75) is 6.92 Å². The molecule has 2 amide bonds. The van der Waals surface area contributed by atoms with E-state index in [1.54, 1.807) is 18.2 Å². The predicted molar refractivity (Wildman–Crippen MR) is 91.7 cm³/mol. The second-order valence-corrected chi connectivity index (χ2v) is 5.17. The highest BCUT2D eigenvalue weighted by Crippen LogP contribution is 2.27. The number of hydrogen-bond acceptors (Lipinski definition) is 4. The van der Waals surface area contributed by atoms with Crippen LogP contribution in [0.1, 0.15) is 15.9 Å². The Hall–Kier alpha value is -3.02. The Kier molecular flexibility index (Phi) is 5.78. The van der Waals surface area contributed by atoms with Crippen LogP contribution in [0.2, 0.25) is 0 Å². The van der Waals surface area contributed by atoms with Crippen molar-refractivity contribution >= 4 is 17.5 Å². The minimum absolute atomic E-state index is 0.124. The number of hydrogen-bond donors (Lipinski definition) is 2. The van der Waals surface area contributed by atoms with Crippen LogP contribution < -0.4 is 20.1 Å². The Balaban J connectivity index is 1.92. The maximum absolute atomic E-state index is 12.1. The first-order valence-corrected chi connectivity index (χ1v) is 7.40. The van der Waals surface area contributed by atoms with E-state index in [1.807, 2.05) is 31.2 Å². The molecule has 0 aromatic heterocycles. The Bertz CT molecular complexity index is 726. The van der Waals surface area contributed by atoms with Gasteiger partial charge < -0.3 is 20.1 Å². The van der Waals surface area contributed by atoms with Crippen molar-refractivity contribution in [1.29, 1.82) is 0 Å². The Morgan fingerprint density at radius 2 is 1.62 bits per heavy atom. The zero-order valence-corrected chi connectivity index (χ0v) is 13.9. The van der Waals surface area contributed by atoms with Crippen LogP contribution in [0.15, 0.2) is 42.5 Å². The van der Waals surface area contributed by atoms with E-state index in [0.717, 1.165) is 5.56 Å². The molecule has 2 N–H and O–H groups in total. The minimum Gasteiger partial charge on any atom is -0.493 e. The van der Waals surface area contributed by atoms with Crippen LogP contribution in [0.3, 0.4) is 0 Å². The third kappa shape index (κ3) is 4.49. The van der Waals surface area contributed by atoms with Gasteiger partial charge in [0.05, 0.1) is 20.8 Å². The van der Waals surface area contributed by atoms with E-state index in [-0.39, 0.29) is 18.4 Å². The van der Waals surface area contributed by atoms with Crippen LogP contribution in [0, 0.1) is 6.92 Å². The van der Waals surface area contributed by atoms with E-state index in [2.05, 4.69) is 10.6 Å². The van der Waals surface area contributed by atoms with Gasteiger partial charge in [0.2, 0.25) is 5.91 Å². The van der Waals surface area contributed by atoms with Gasteiger partial charge in [0, 0.05) is 11.3 Å².